The van der Waals surface area contributed by atoms with Crippen molar-refractivity contribution in [2.45, 2.75) is 11.6 Å². The summed E-state index contributed by atoms with van der Waals surface area (Å²) in [6.45, 7) is 1.21. The Morgan fingerprint density at radius 3 is 2.75 bits per heavy atom. The molecule has 0 saturated heterocycles. The molecule has 8 nitrogen and oxygen atoms in total. The predicted molar refractivity (Wildman–Crippen MR) is 106 cm³/mol. The highest BCUT2D eigenvalue weighted by atomic mass is 35.5. The summed E-state index contributed by atoms with van der Waals surface area (Å²) < 4.78 is 12.8. The van der Waals surface area contributed by atoms with Crippen LogP contribution >= 0.6 is 23.4 Å². The predicted octanol–water partition coefficient (Wildman–Crippen LogP) is 3.21. The molecule has 10 heteroatoms. The van der Waals surface area contributed by atoms with Gasteiger partial charge < -0.3 is 14.8 Å². The fraction of sp³-hybridized carbons (Fsp3) is 0.222. The number of amides is 1. The maximum absolute atomic E-state index is 12.3. The van der Waals surface area contributed by atoms with Crippen molar-refractivity contribution in [2.75, 3.05) is 24.3 Å². The number of hydrogen-bond donors (Lipinski definition) is 1. The highest BCUT2D eigenvalue weighted by Gasteiger charge is 2.14. The molecular formula is C18H16ClN5O3S. The topological polar surface area (TPSA) is 91.2 Å². The second kappa shape index (κ2) is 8.49. The van der Waals surface area contributed by atoms with Crippen molar-refractivity contribution in [3.8, 4) is 17.2 Å². The number of nitrogens with one attached hydrogen (secondary N) is 1. The molecule has 28 heavy (non-hydrogen) atoms. The third-order valence-corrected chi connectivity index (χ3v) is 5.05. The molecule has 0 aliphatic carbocycles. The SMILES string of the molecule is O=C(CSc1nnnn1-c1ccc(Cl)cc1)Nc1ccc2c(c1)OCCCO2. The summed E-state index contributed by atoms with van der Waals surface area (Å²) in [6, 6.07) is 12.5. The number of carbonyl (C=O) groups is 1. The molecular weight excluding hydrogens is 402 g/mol. The number of anilines is 1. The Morgan fingerprint density at radius 1 is 1.14 bits per heavy atom. The van der Waals surface area contributed by atoms with E-state index in [2.05, 4.69) is 20.8 Å². The fourth-order valence-corrected chi connectivity index (χ4v) is 3.40. The summed E-state index contributed by atoms with van der Waals surface area (Å²) in [7, 11) is 0. The van der Waals surface area contributed by atoms with Gasteiger partial charge in [0.2, 0.25) is 11.1 Å². The lowest BCUT2D eigenvalue weighted by atomic mass is 10.2. The van der Waals surface area contributed by atoms with E-state index >= 15 is 0 Å². The first-order chi connectivity index (χ1) is 13.7. The summed E-state index contributed by atoms with van der Waals surface area (Å²) in [4.78, 5) is 12.3. The number of nitrogens with zero attached hydrogens (tertiary/aromatic N) is 4. The van der Waals surface area contributed by atoms with E-state index in [9.17, 15) is 4.79 Å². The first-order valence-electron chi connectivity index (χ1n) is 8.56. The minimum absolute atomic E-state index is 0.155. The normalized spacial score (nSPS) is 13.0. The zero-order chi connectivity index (χ0) is 19.3. The third-order valence-electron chi connectivity index (χ3n) is 3.88. The Bertz CT molecular complexity index is 980. The summed E-state index contributed by atoms with van der Waals surface area (Å²) in [5.74, 6) is 1.30. The lowest BCUT2D eigenvalue weighted by Gasteiger charge is -2.10. The van der Waals surface area contributed by atoms with E-state index in [-0.39, 0.29) is 11.7 Å². The van der Waals surface area contributed by atoms with Gasteiger partial charge in [-0.15, -0.1) is 5.10 Å². The number of thioether (sulfide) groups is 1. The Morgan fingerprint density at radius 2 is 1.93 bits per heavy atom. The molecule has 0 radical (unpaired) electrons. The smallest absolute Gasteiger partial charge is 0.234 e. The van der Waals surface area contributed by atoms with Crippen molar-refractivity contribution >= 4 is 35.0 Å². The van der Waals surface area contributed by atoms with Crippen molar-refractivity contribution in [2.24, 2.45) is 0 Å². The zero-order valence-electron chi connectivity index (χ0n) is 14.7. The van der Waals surface area contributed by atoms with Crippen LogP contribution in [0.25, 0.3) is 5.69 Å². The molecule has 0 saturated carbocycles. The number of carbonyl (C=O) groups excluding carboxylic acids is 1. The van der Waals surface area contributed by atoms with Crippen LogP contribution < -0.4 is 14.8 Å². The molecule has 0 fully saturated rings. The van der Waals surface area contributed by atoms with Crippen LogP contribution in [-0.2, 0) is 4.79 Å². The van der Waals surface area contributed by atoms with Gasteiger partial charge >= 0.3 is 0 Å². The molecule has 1 N–H and O–H groups in total. The summed E-state index contributed by atoms with van der Waals surface area (Å²) >= 11 is 7.15. The van der Waals surface area contributed by atoms with E-state index in [0.29, 0.717) is 40.6 Å². The quantitative estimate of drug-likeness (QED) is 0.637. The number of aromatic nitrogens is 4. The van der Waals surface area contributed by atoms with E-state index in [1.807, 2.05) is 0 Å². The van der Waals surface area contributed by atoms with Crippen molar-refractivity contribution < 1.29 is 14.3 Å². The van der Waals surface area contributed by atoms with Gasteiger partial charge in [-0.1, -0.05) is 23.4 Å². The molecule has 2 aromatic carbocycles. The first kappa shape index (κ1) is 18.6. The maximum Gasteiger partial charge on any atom is 0.234 e. The van der Waals surface area contributed by atoms with E-state index in [1.165, 1.54) is 11.8 Å². The number of rotatable bonds is 5. The van der Waals surface area contributed by atoms with Gasteiger partial charge in [0.05, 0.1) is 24.7 Å². The van der Waals surface area contributed by atoms with Crippen LogP contribution in [0.2, 0.25) is 5.02 Å². The van der Waals surface area contributed by atoms with Crippen LogP contribution in [0.4, 0.5) is 5.69 Å². The molecule has 1 aliphatic rings. The minimum atomic E-state index is -0.176. The van der Waals surface area contributed by atoms with Crippen LogP contribution in [0, 0.1) is 0 Å². The number of tetrazole rings is 1. The molecule has 1 amide bonds. The van der Waals surface area contributed by atoms with Gasteiger partial charge in [-0.3, -0.25) is 4.79 Å². The van der Waals surface area contributed by atoms with Gasteiger partial charge in [0.25, 0.3) is 0 Å². The summed E-state index contributed by atoms with van der Waals surface area (Å²) in [5, 5.41) is 15.6. The van der Waals surface area contributed by atoms with E-state index in [0.717, 1.165) is 12.1 Å². The lowest BCUT2D eigenvalue weighted by molar-refractivity contribution is -0.113. The van der Waals surface area contributed by atoms with Gasteiger partial charge in [0.1, 0.15) is 0 Å². The molecule has 1 aromatic heterocycles. The van der Waals surface area contributed by atoms with Gasteiger partial charge in [-0.2, -0.15) is 4.68 Å². The largest absolute Gasteiger partial charge is 0.490 e. The van der Waals surface area contributed by atoms with Crippen molar-refractivity contribution in [1.29, 1.82) is 0 Å². The highest BCUT2D eigenvalue weighted by Crippen LogP contribution is 2.32. The Balaban J connectivity index is 1.38. The van der Waals surface area contributed by atoms with Crippen molar-refractivity contribution in [3.05, 3.63) is 47.5 Å². The number of fused-ring (bicyclic) bond motifs is 1. The molecule has 0 spiro atoms. The lowest BCUT2D eigenvalue weighted by Crippen LogP contribution is -2.14. The molecule has 3 aromatic rings. The van der Waals surface area contributed by atoms with E-state index in [1.54, 1.807) is 47.1 Å². The molecule has 0 atom stereocenters. The van der Waals surface area contributed by atoms with Gasteiger partial charge in [0, 0.05) is 23.2 Å². The minimum Gasteiger partial charge on any atom is -0.490 e. The number of benzene rings is 2. The molecule has 1 aliphatic heterocycles. The van der Waals surface area contributed by atoms with Crippen molar-refractivity contribution in [1.82, 2.24) is 20.2 Å². The number of hydrogen-bond acceptors (Lipinski definition) is 7. The molecule has 2 heterocycles. The van der Waals surface area contributed by atoms with Gasteiger partial charge in [-0.25, -0.2) is 0 Å². The standard InChI is InChI=1S/C18H16ClN5O3S/c19-12-2-5-14(6-3-12)24-18(21-22-23-24)28-11-17(25)20-13-4-7-15-16(10-13)27-9-1-8-26-15/h2-7,10H,1,8-9,11H2,(H,20,25). The second-order valence-corrected chi connectivity index (χ2v) is 7.28. The average Bonchev–Trinajstić information content (AvgIpc) is 3.04. The van der Waals surface area contributed by atoms with Crippen LogP contribution in [-0.4, -0.2) is 45.1 Å². The third kappa shape index (κ3) is 4.37. The monoisotopic (exact) mass is 417 g/mol. The summed E-state index contributed by atoms with van der Waals surface area (Å²) in [6.07, 6.45) is 0.829. The Kier molecular flexibility index (Phi) is 5.63. The molecule has 144 valence electrons. The van der Waals surface area contributed by atoms with Crippen LogP contribution in [0.1, 0.15) is 6.42 Å². The highest BCUT2D eigenvalue weighted by molar-refractivity contribution is 7.99. The van der Waals surface area contributed by atoms with Gasteiger partial charge in [-0.05, 0) is 46.8 Å². The maximum atomic E-state index is 12.3. The zero-order valence-corrected chi connectivity index (χ0v) is 16.2. The molecule has 0 unspecified atom stereocenters. The van der Waals surface area contributed by atoms with E-state index in [4.69, 9.17) is 21.1 Å². The van der Waals surface area contributed by atoms with Crippen LogP contribution in [0.5, 0.6) is 11.5 Å². The number of halogens is 1. The fourth-order valence-electron chi connectivity index (χ4n) is 2.58. The van der Waals surface area contributed by atoms with Crippen LogP contribution in [0.15, 0.2) is 47.6 Å². The average molecular weight is 418 g/mol. The van der Waals surface area contributed by atoms with Crippen LogP contribution in [0.3, 0.4) is 0 Å². The molecule has 4 rings (SSSR count). The Labute approximate surface area is 170 Å². The summed E-state index contributed by atoms with van der Waals surface area (Å²) in [5.41, 5.74) is 1.41. The van der Waals surface area contributed by atoms with E-state index < -0.39 is 0 Å². The second-order valence-electron chi connectivity index (χ2n) is 5.90. The van der Waals surface area contributed by atoms with Crippen molar-refractivity contribution in [3.63, 3.8) is 0 Å². The first-order valence-corrected chi connectivity index (χ1v) is 9.92. The van der Waals surface area contributed by atoms with Gasteiger partial charge in [0.15, 0.2) is 11.5 Å². The number of ether oxygens (including phenoxy) is 2. The Hall–Kier alpha value is -2.78. The molecule has 0 bridgehead atoms.